The third-order valence-electron chi connectivity index (χ3n) is 3.49. The van der Waals surface area contributed by atoms with E-state index in [9.17, 15) is 4.79 Å². The predicted molar refractivity (Wildman–Crippen MR) is 105 cm³/mol. The minimum atomic E-state index is -0.0414. The Labute approximate surface area is 159 Å². The van der Waals surface area contributed by atoms with Gasteiger partial charge in [-0.3, -0.25) is 9.69 Å². The molecule has 2 aromatic heterocycles. The summed E-state index contributed by atoms with van der Waals surface area (Å²) >= 11 is 4.67. The molecule has 3 rings (SSSR count). The number of hydrogen-bond acceptors (Lipinski definition) is 7. The number of anilines is 2. The van der Waals surface area contributed by atoms with Crippen molar-refractivity contribution in [2.24, 2.45) is 0 Å². The number of nitrogens with zero attached hydrogens (tertiary/aromatic N) is 4. The zero-order valence-corrected chi connectivity index (χ0v) is 16.9. The van der Waals surface area contributed by atoms with Crippen LogP contribution in [-0.2, 0) is 10.5 Å². The van der Waals surface area contributed by atoms with E-state index >= 15 is 0 Å². The number of benzene rings is 1. The first-order chi connectivity index (χ1) is 11.9. The monoisotopic (exact) mass is 390 g/mol. The molecule has 0 bridgehead atoms. The topological polar surface area (TPSA) is 59.0 Å². The van der Waals surface area contributed by atoms with E-state index in [-0.39, 0.29) is 5.91 Å². The van der Waals surface area contributed by atoms with Gasteiger partial charge in [-0.05, 0) is 32.4 Å². The summed E-state index contributed by atoms with van der Waals surface area (Å²) in [4.78, 5) is 18.6. The van der Waals surface area contributed by atoms with Crippen molar-refractivity contribution in [2.45, 2.75) is 37.8 Å². The van der Waals surface area contributed by atoms with E-state index in [1.807, 2.05) is 38.3 Å². The lowest BCUT2D eigenvalue weighted by Gasteiger charge is -2.20. The van der Waals surface area contributed by atoms with E-state index in [0.717, 1.165) is 26.3 Å². The third-order valence-corrected chi connectivity index (χ3v) is 6.37. The number of aryl methyl sites for hydroxylation is 3. The summed E-state index contributed by atoms with van der Waals surface area (Å²) < 4.78 is 0.935. The van der Waals surface area contributed by atoms with Crippen molar-refractivity contribution in [2.75, 3.05) is 4.90 Å². The number of carbonyl (C=O) groups excluding carboxylic acids is 1. The second kappa shape index (κ2) is 7.63. The standard InChI is InChI=1S/C17H18N4OS3/c1-10-5-6-15(11(2)7-10)21(13(4)22)16-18-14(8-23-16)9-24-17-20-19-12(3)25-17/h5-8H,9H2,1-4H3. The fourth-order valence-corrected chi connectivity index (χ4v) is 5.09. The second-order valence-corrected chi connectivity index (χ2v) is 8.88. The molecule has 0 atom stereocenters. The number of carbonyl (C=O) groups is 1. The molecule has 3 aromatic rings. The number of hydrogen-bond donors (Lipinski definition) is 0. The molecule has 0 fully saturated rings. The van der Waals surface area contributed by atoms with Crippen LogP contribution in [-0.4, -0.2) is 21.1 Å². The van der Waals surface area contributed by atoms with Gasteiger partial charge < -0.3 is 0 Å². The lowest BCUT2D eigenvalue weighted by Crippen LogP contribution is -2.23. The van der Waals surface area contributed by atoms with E-state index in [1.165, 1.54) is 16.9 Å². The van der Waals surface area contributed by atoms with E-state index in [4.69, 9.17) is 0 Å². The Hall–Kier alpha value is -1.77. The van der Waals surface area contributed by atoms with Gasteiger partial charge in [-0.25, -0.2) is 4.98 Å². The molecular weight excluding hydrogens is 372 g/mol. The molecule has 0 aliphatic rings. The Kier molecular flexibility index (Phi) is 5.51. The van der Waals surface area contributed by atoms with Gasteiger partial charge in [-0.1, -0.05) is 40.8 Å². The van der Waals surface area contributed by atoms with Crippen LogP contribution in [0.3, 0.4) is 0 Å². The molecule has 0 N–H and O–H groups in total. The van der Waals surface area contributed by atoms with Gasteiger partial charge in [0, 0.05) is 18.1 Å². The molecule has 0 unspecified atom stereocenters. The molecule has 0 aliphatic carbocycles. The Morgan fingerprint density at radius 2 is 2.04 bits per heavy atom. The second-order valence-electron chi connectivity index (χ2n) is 5.64. The summed E-state index contributed by atoms with van der Waals surface area (Å²) in [5.74, 6) is 0.671. The average molecular weight is 391 g/mol. The van der Waals surface area contributed by atoms with Gasteiger partial charge in [0.05, 0.1) is 11.4 Å². The van der Waals surface area contributed by atoms with Crippen LogP contribution in [0.15, 0.2) is 27.9 Å². The van der Waals surface area contributed by atoms with Crippen LogP contribution in [0, 0.1) is 20.8 Å². The molecule has 0 spiro atoms. The van der Waals surface area contributed by atoms with Crippen LogP contribution in [0.5, 0.6) is 0 Å². The number of rotatable bonds is 5. The first-order valence-electron chi connectivity index (χ1n) is 7.69. The van der Waals surface area contributed by atoms with Crippen molar-refractivity contribution < 1.29 is 4.79 Å². The highest BCUT2D eigenvalue weighted by atomic mass is 32.2. The van der Waals surface area contributed by atoms with Gasteiger partial charge in [-0.2, -0.15) is 0 Å². The maximum Gasteiger partial charge on any atom is 0.230 e. The van der Waals surface area contributed by atoms with Crippen molar-refractivity contribution in [3.05, 3.63) is 45.4 Å². The lowest BCUT2D eigenvalue weighted by molar-refractivity contribution is -0.115. The Balaban J connectivity index is 1.81. The Bertz CT molecular complexity index is 903. The smallest absolute Gasteiger partial charge is 0.230 e. The molecular formula is C17H18N4OS3. The summed E-state index contributed by atoms with van der Waals surface area (Å²) in [6.07, 6.45) is 0. The molecule has 0 aliphatic heterocycles. The summed E-state index contributed by atoms with van der Waals surface area (Å²) in [6.45, 7) is 7.57. The molecule has 130 valence electrons. The van der Waals surface area contributed by atoms with Crippen molar-refractivity contribution in [1.82, 2.24) is 15.2 Å². The van der Waals surface area contributed by atoms with Crippen molar-refractivity contribution >= 4 is 51.2 Å². The van der Waals surface area contributed by atoms with Crippen LogP contribution >= 0.6 is 34.4 Å². The van der Waals surface area contributed by atoms with Crippen LogP contribution in [0.25, 0.3) is 0 Å². The highest BCUT2D eigenvalue weighted by Crippen LogP contribution is 2.33. The average Bonchev–Trinajstić information content (AvgIpc) is 3.16. The zero-order chi connectivity index (χ0) is 18.0. The SMILES string of the molecule is CC(=O)N(c1nc(CSc2nnc(C)s2)cs1)c1ccc(C)cc1C. The van der Waals surface area contributed by atoms with Crippen molar-refractivity contribution in [1.29, 1.82) is 0 Å². The molecule has 25 heavy (non-hydrogen) atoms. The molecule has 8 heteroatoms. The summed E-state index contributed by atoms with van der Waals surface area (Å²) in [6, 6.07) is 6.07. The maximum atomic E-state index is 12.2. The van der Waals surface area contributed by atoms with Crippen LogP contribution < -0.4 is 4.90 Å². The van der Waals surface area contributed by atoms with Gasteiger partial charge in [0.25, 0.3) is 0 Å². The summed E-state index contributed by atoms with van der Waals surface area (Å²) in [7, 11) is 0. The van der Waals surface area contributed by atoms with Gasteiger partial charge in [-0.15, -0.1) is 21.5 Å². The largest absolute Gasteiger partial charge is 0.274 e. The van der Waals surface area contributed by atoms with E-state index < -0.39 is 0 Å². The molecule has 1 amide bonds. The molecule has 0 saturated carbocycles. The third kappa shape index (κ3) is 4.26. The van der Waals surface area contributed by atoms with Crippen LogP contribution in [0.1, 0.15) is 28.8 Å². The van der Waals surface area contributed by atoms with Gasteiger partial charge >= 0.3 is 0 Å². The Morgan fingerprint density at radius 1 is 1.24 bits per heavy atom. The quantitative estimate of drug-likeness (QED) is 0.580. The van der Waals surface area contributed by atoms with E-state index in [1.54, 1.807) is 34.9 Å². The highest BCUT2D eigenvalue weighted by Gasteiger charge is 2.19. The van der Waals surface area contributed by atoms with Gasteiger partial charge in [0.2, 0.25) is 5.91 Å². The number of amides is 1. The van der Waals surface area contributed by atoms with Crippen molar-refractivity contribution in [3.63, 3.8) is 0 Å². The first kappa shape index (κ1) is 18.0. The number of thiazole rings is 1. The highest BCUT2D eigenvalue weighted by molar-refractivity contribution is 8.00. The molecule has 1 aromatic carbocycles. The lowest BCUT2D eigenvalue weighted by atomic mass is 10.1. The molecule has 2 heterocycles. The Morgan fingerprint density at radius 3 is 2.68 bits per heavy atom. The number of thioether (sulfide) groups is 1. The van der Waals surface area contributed by atoms with Crippen LogP contribution in [0.2, 0.25) is 0 Å². The fourth-order valence-electron chi connectivity index (χ4n) is 2.40. The summed E-state index contributed by atoms with van der Waals surface area (Å²) in [5.41, 5.74) is 4.05. The molecule has 0 saturated heterocycles. The van der Waals surface area contributed by atoms with Gasteiger partial charge in [0.15, 0.2) is 9.47 Å². The fraction of sp³-hybridized carbons (Fsp3) is 0.294. The van der Waals surface area contributed by atoms with E-state index in [0.29, 0.717) is 10.9 Å². The maximum absolute atomic E-state index is 12.2. The van der Waals surface area contributed by atoms with E-state index in [2.05, 4.69) is 21.2 Å². The minimum Gasteiger partial charge on any atom is -0.274 e. The molecule has 5 nitrogen and oxygen atoms in total. The van der Waals surface area contributed by atoms with Gasteiger partial charge in [0.1, 0.15) is 5.01 Å². The van der Waals surface area contributed by atoms with Crippen LogP contribution in [0.4, 0.5) is 10.8 Å². The zero-order valence-electron chi connectivity index (χ0n) is 14.4. The molecule has 0 radical (unpaired) electrons. The first-order valence-corrected chi connectivity index (χ1v) is 10.4. The normalized spacial score (nSPS) is 10.9. The summed E-state index contributed by atoms with van der Waals surface area (Å²) in [5, 5.41) is 11.8. The predicted octanol–water partition coefficient (Wildman–Crippen LogP) is 4.90. The number of aromatic nitrogens is 3. The van der Waals surface area contributed by atoms with Crippen molar-refractivity contribution in [3.8, 4) is 0 Å². The minimum absolute atomic E-state index is 0.0414.